The number of halogens is 1. The molecule has 2 unspecified atom stereocenters. The molecule has 2 aromatic rings. The molecule has 2 heterocycles. The maximum Gasteiger partial charge on any atom is 0.251 e. The first-order chi connectivity index (χ1) is 16.3. The van der Waals surface area contributed by atoms with Crippen LogP contribution in [0.2, 0.25) is 0 Å². The quantitative estimate of drug-likeness (QED) is 0.583. The van der Waals surface area contributed by atoms with Crippen LogP contribution in [-0.4, -0.2) is 43.8 Å². The third-order valence-corrected chi connectivity index (χ3v) is 6.42. The molecule has 4 N–H and O–H groups in total. The van der Waals surface area contributed by atoms with E-state index in [0.717, 1.165) is 42.6 Å². The lowest BCUT2D eigenvalue weighted by Gasteiger charge is -2.37. The van der Waals surface area contributed by atoms with Crippen molar-refractivity contribution >= 4 is 17.8 Å². The van der Waals surface area contributed by atoms with Crippen molar-refractivity contribution in [2.24, 2.45) is 16.6 Å². The first kappa shape index (κ1) is 23.8. The smallest absolute Gasteiger partial charge is 0.251 e. The summed E-state index contributed by atoms with van der Waals surface area (Å²) in [5.41, 5.74) is 9.05. The van der Waals surface area contributed by atoms with Gasteiger partial charge in [0.05, 0.1) is 12.2 Å². The van der Waals surface area contributed by atoms with E-state index in [1.807, 2.05) is 32.0 Å². The summed E-state index contributed by atoms with van der Waals surface area (Å²) in [6, 6.07) is 10.7. The Morgan fingerprint density at radius 3 is 2.71 bits per heavy atom. The van der Waals surface area contributed by atoms with Crippen LogP contribution in [0.4, 0.5) is 10.1 Å². The number of hydrogen-bond donors (Lipinski definition) is 3. The third kappa shape index (κ3) is 5.07. The van der Waals surface area contributed by atoms with Gasteiger partial charge in [-0.1, -0.05) is 18.2 Å². The monoisotopic (exact) mass is 465 g/mol. The minimum absolute atomic E-state index is 0.232. The van der Waals surface area contributed by atoms with E-state index in [0.29, 0.717) is 18.2 Å². The summed E-state index contributed by atoms with van der Waals surface area (Å²) in [4.78, 5) is 18.5. The zero-order valence-corrected chi connectivity index (χ0v) is 19.9. The highest BCUT2D eigenvalue weighted by atomic mass is 19.1. The highest BCUT2D eigenvalue weighted by Crippen LogP contribution is 2.33. The number of nitrogens with two attached hydrogens (primary N) is 1. The molecule has 2 atom stereocenters. The molecule has 0 saturated carbocycles. The van der Waals surface area contributed by atoms with E-state index in [1.165, 1.54) is 18.5 Å². The van der Waals surface area contributed by atoms with Gasteiger partial charge in [-0.3, -0.25) is 4.79 Å². The molecule has 0 radical (unpaired) electrons. The maximum atomic E-state index is 15.0. The van der Waals surface area contributed by atoms with Crippen LogP contribution in [-0.2, 0) is 10.6 Å². The predicted molar refractivity (Wildman–Crippen MR) is 132 cm³/mol. The van der Waals surface area contributed by atoms with Gasteiger partial charge in [0.25, 0.3) is 5.91 Å². The molecule has 2 aliphatic rings. The number of hydrogen-bond acceptors (Lipinski definition) is 6. The number of rotatable bonds is 7. The van der Waals surface area contributed by atoms with Crippen molar-refractivity contribution in [3.63, 3.8) is 0 Å². The first-order valence-corrected chi connectivity index (χ1v) is 11.6. The Morgan fingerprint density at radius 2 is 2.09 bits per heavy atom. The molecule has 0 bridgehead atoms. The molecule has 4 rings (SSSR count). The summed E-state index contributed by atoms with van der Waals surface area (Å²) in [7, 11) is 2.10. The average Bonchev–Trinajstić information content (AvgIpc) is 2.79. The number of piperidine rings is 1. The van der Waals surface area contributed by atoms with E-state index in [2.05, 4.69) is 27.6 Å². The Hall–Kier alpha value is -3.39. The SMILES string of the molecule is Cc1cccc(C)c1C1(Nc2ccc(OCC3CCCN(C)C3)c(F)c2)N=CC(C(N)=O)=CN1. The molecule has 7 nitrogen and oxygen atoms in total. The van der Waals surface area contributed by atoms with E-state index >= 15 is 0 Å². The van der Waals surface area contributed by atoms with Gasteiger partial charge < -0.3 is 26.0 Å². The average molecular weight is 466 g/mol. The maximum absolute atomic E-state index is 15.0. The topological polar surface area (TPSA) is 92.0 Å². The molecule has 2 aromatic carbocycles. The van der Waals surface area contributed by atoms with Crippen molar-refractivity contribution in [1.29, 1.82) is 0 Å². The molecule has 8 heteroatoms. The van der Waals surface area contributed by atoms with Gasteiger partial charge in [-0.05, 0) is 63.5 Å². The van der Waals surface area contributed by atoms with E-state index in [1.54, 1.807) is 12.1 Å². The molecule has 2 aliphatic heterocycles. The molecule has 0 spiro atoms. The lowest BCUT2D eigenvalue weighted by Crippen LogP contribution is -2.48. The molecular weight excluding hydrogens is 433 g/mol. The molecule has 180 valence electrons. The van der Waals surface area contributed by atoms with E-state index < -0.39 is 17.5 Å². The number of benzene rings is 2. The number of amides is 1. The van der Waals surface area contributed by atoms with Crippen LogP contribution in [0.5, 0.6) is 5.75 Å². The molecule has 0 aliphatic carbocycles. The largest absolute Gasteiger partial charge is 0.490 e. The Kier molecular flexibility index (Phi) is 6.88. The summed E-state index contributed by atoms with van der Waals surface area (Å²) in [6.45, 7) is 6.52. The molecule has 1 saturated heterocycles. The van der Waals surface area contributed by atoms with Crippen LogP contribution in [0.25, 0.3) is 0 Å². The number of aliphatic imine (C=N–C) groups is 1. The van der Waals surface area contributed by atoms with Gasteiger partial charge in [-0.15, -0.1) is 0 Å². The number of carbonyl (C=O) groups excluding carboxylic acids is 1. The van der Waals surface area contributed by atoms with Crippen LogP contribution in [0.15, 0.2) is 53.2 Å². The fraction of sp³-hybridized carbons (Fsp3) is 0.385. The third-order valence-electron chi connectivity index (χ3n) is 6.42. The number of nitrogens with zero attached hydrogens (tertiary/aromatic N) is 2. The van der Waals surface area contributed by atoms with Gasteiger partial charge in [0.2, 0.25) is 5.79 Å². The van der Waals surface area contributed by atoms with Crippen LogP contribution in [0.3, 0.4) is 0 Å². The molecule has 0 aromatic heterocycles. The predicted octanol–water partition coefficient (Wildman–Crippen LogP) is 3.43. The summed E-state index contributed by atoms with van der Waals surface area (Å²) in [5, 5.41) is 6.51. The number of anilines is 1. The highest BCUT2D eigenvalue weighted by Gasteiger charge is 2.35. The number of nitrogens with one attached hydrogen (secondary N) is 2. The minimum Gasteiger partial charge on any atom is -0.490 e. The summed E-state index contributed by atoms with van der Waals surface area (Å²) in [5.74, 6) is -1.52. The normalized spacial score (nSPS) is 22.6. The van der Waals surface area contributed by atoms with Crippen molar-refractivity contribution in [2.45, 2.75) is 32.5 Å². The minimum atomic E-state index is -1.13. The van der Waals surface area contributed by atoms with Gasteiger partial charge >= 0.3 is 0 Å². The van der Waals surface area contributed by atoms with Crippen LogP contribution in [0.1, 0.15) is 29.5 Å². The molecular formula is C26H32FN5O2. The molecule has 34 heavy (non-hydrogen) atoms. The summed E-state index contributed by atoms with van der Waals surface area (Å²) < 4.78 is 20.8. The summed E-state index contributed by atoms with van der Waals surface area (Å²) in [6.07, 6.45) is 5.19. The summed E-state index contributed by atoms with van der Waals surface area (Å²) >= 11 is 0. The van der Waals surface area contributed by atoms with E-state index in [-0.39, 0.29) is 11.3 Å². The van der Waals surface area contributed by atoms with Crippen LogP contribution < -0.4 is 21.1 Å². The number of ether oxygens (including phenoxy) is 1. The zero-order valence-electron chi connectivity index (χ0n) is 19.9. The van der Waals surface area contributed by atoms with E-state index in [4.69, 9.17) is 10.5 Å². The van der Waals surface area contributed by atoms with Crippen molar-refractivity contribution in [3.05, 3.63) is 70.7 Å². The van der Waals surface area contributed by atoms with E-state index in [9.17, 15) is 9.18 Å². The second kappa shape index (κ2) is 9.85. The van der Waals surface area contributed by atoms with Gasteiger partial charge in [0.15, 0.2) is 11.6 Å². The first-order valence-electron chi connectivity index (χ1n) is 11.6. The highest BCUT2D eigenvalue weighted by molar-refractivity contribution is 6.11. The van der Waals surface area contributed by atoms with Gasteiger partial charge in [0.1, 0.15) is 0 Å². The molecule has 1 amide bonds. The van der Waals surface area contributed by atoms with Gasteiger partial charge in [-0.25, -0.2) is 9.38 Å². The standard InChI is InChI=1S/C26H32FN5O2/c1-17-6-4-7-18(2)24(17)26(29-13-20(14-30-26)25(28)33)31-21-9-10-23(22(27)12-21)34-16-19-8-5-11-32(3)15-19/h4,6-7,9-10,12-14,19,29,31H,5,8,11,15-16H2,1-3H3,(H2,28,33). The second-order valence-electron chi connectivity index (χ2n) is 9.20. The van der Waals surface area contributed by atoms with Crippen LogP contribution >= 0.6 is 0 Å². The van der Waals surface area contributed by atoms with Gasteiger partial charge in [0, 0.05) is 42.2 Å². The Labute approximate surface area is 199 Å². The van der Waals surface area contributed by atoms with Crippen molar-refractivity contribution in [3.8, 4) is 5.75 Å². The number of aryl methyl sites for hydroxylation is 2. The fourth-order valence-corrected chi connectivity index (χ4v) is 4.73. The Balaban J connectivity index is 1.57. The lowest BCUT2D eigenvalue weighted by molar-refractivity contribution is -0.114. The second-order valence-corrected chi connectivity index (χ2v) is 9.20. The zero-order chi connectivity index (χ0) is 24.3. The number of likely N-dealkylation sites (tertiary alicyclic amines) is 1. The van der Waals surface area contributed by atoms with Crippen molar-refractivity contribution in [2.75, 3.05) is 32.1 Å². The number of carbonyl (C=O) groups is 1. The number of primary amides is 1. The Morgan fingerprint density at radius 1 is 1.32 bits per heavy atom. The van der Waals surface area contributed by atoms with Crippen LogP contribution in [0, 0.1) is 25.6 Å². The molecule has 1 fully saturated rings. The Bertz CT molecular complexity index is 1110. The van der Waals surface area contributed by atoms with Crippen molar-refractivity contribution in [1.82, 2.24) is 10.2 Å². The lowest BCUT2D eigenvalue weighted by atomic mass is 9.95. The fourth-order valence-electron chi connectivity index (χ4n) is 4.73. The van der Waals surface area contributed by atoms with Crippen molar-refractivity contribution < 1.29 is 13.9 Å². The van der Waals surface area contributed by atoms with Gasteiger partial charge in [-0.2, -0.15) is 0 Å².